The van der Waals surface area contributed by atoms with Gasteiger partial charge in [0, 0.05) is 26.2 Å². The van der Waals surface area contributed by atoms with Crippen molar-refractivity contribution in [1.82, 2.24) is 10.2 Å². The number of nitrogens with zero attached hydrogens (tertiary/aromatic N) is 1. The summed E-state index contributed by atoms with van der Waals surface area (Å²) in [4.78, 5) is 2.31. The fraction of sp³-hybridized carbons (Fsp3) is 0.571. The molecule has 2 rings (SSSR count). The first-order valence-corrected chi connectivity index (χ1v) is 6.41. The fourth-order valence-corrected chi connectivity index (χ4v) is 2.11. The molecule has 18 heavy (non-hydrogen) atoms. The summed E-state index contributed by atoms with van der Waals surface area (Å²) < 4.78 is 10.8. The summed E-state index contributed by atoms with van der Waals surface area (Å²) in [5.74, 6) is 0.899. The van der Waals surface area contributed by atoms with Crippen molar-refractivity contribution >= 4 is 0 Å². The minimum Gasteiger partial charge on any atom is -0.497 e. The van der Waals surface area contributed by atoms with Crippen LogP contribution in [0.5, 0.6) is 5.75 Å². The first-order valence-electron chi connectivity index (χ1n) is 6.41. The zero-order valence-electron chi connectivity index (χ0n) is 11.2. The van der Waals surface area contributed by atoms with Crippen molar-refractivity contribution in [2.24, 2.45) is 0 Å². The third-order valence-electron chi connectivity index (χ3n) is 3.20. The third-order valence-corrected chi connectivity index (χ3v) is 3.20. The van der Waals surface area contributed by atoms with E-state index in [0.717, 1.165) is 38.5 Å². The van der Waals surface area contributed by atoms with Gasteiger partial charge in [-0.05, 0) is 24.7 Å². The predicted molar refractivity (Wildman–Crippen MR) is 71.9 cm³/mol. The highest BCUT2D eigenvalue weighted by molar-refractivity contribution is 5.26. The average Bonchev–Trinajstić information content (AvgIpc) is 2.40. The quantitative estimate of drug-likeness (QED) is 0.849. The Morgan fingerprint density at radius 1 is 1.39 bits per heavy atom. The molecule has 1 heterocycles. The van der Waals surface area contributed by atoms with Gasteiger partial charge in [0.05, 0.1) is 19.8 Å². The van der Waals surface area contributed by atoms with Crippen LogP contribution in [0.3, 0.4) is 0 Å². The van der Waals surface area contributed by atoms with E-state index in [9.17, 15) is 0 Å². The summed E-state index contributed by atoms with van der Waals surface area (Å²) in [7, 11) is 3.82. The Balaban J connectivity index is 1.70. The van der Waals surface area contributed by atoms with Gasteiger partial charge in [-0.15, -0.1) is 0 Å². The van der Waals surface area contributed by atoms with Gasteiger partial charge in [0.2, 0.25) is 0 Å². The maximum Gasteiger partial charge on any atom is 0.118 e. The summed E-state index contributed by atoms with van der Waals surface area (Å²) in [5.41, 5.74) is 1.26. The maximum absolute atomic E-state index is 5.70. The molecule has 1 unspecified atom stereocenters. The molecule has 0 spiro atoms. The number of nitrogens with one attached hydrogen (secondary N) is 1. The van der Waals surface area contributed by atoms with E-state index in [4.69, 9.17) is 9.47 Å². The van der Waals surface area contributed by atoms with Crippen LogP contribution in [0.15, 0.2) is 24.3 Å². The molecule has 0 saturated carbocycles. The van der Waals surface area contributed by atoms with Gasteiger partial charge in [-0.2, -0.15) is 0 Å². The predicted octanol–water partition coefficient (Wildman–Crippen LogP) is 1.12. The smallest absolute Gasteiger partial charge is 0.118 e. The van der Waals surface area contributed by atoms with Gasteiger partial charge in [0.1, 0.15) is 5.75 Å². The summed E-state index contributed by atoms with van der Waals surface area (Å²) in [6, 6.07) is 8.14. The monoisotopic (exact) mass is 250 g/mol. The zero-order valence-corrected chi connectivity index (χ0v) is 11.2. The molecule has 1 aliphatic heterocycles. The number of hydrogen-bond donors (Lipinski definition) is 1. The molecule has 0 radical (unpaired) electrons. The number of likely N-dealkylation sites (N-methyl/N-ethyl adjacent to an activating group) is 1. The van der Waals surface area contributed by atoms with Crippen LogP contribution in [0, 0.1) is 0 Å². The minimum atomic E-state index is 0.307. The number of ether oxygens (including phenoxy) is 2. The largest absolute Gasteiger partial charge is 0.497 e. The zero-order chi connectivity index (χ0) is 12.8. The molecule has 1 atom stereocenters. The first kappa shape index (κ1) is 13.3. The highest BCUT2D eigenvalue weighted by Gasteiger charge is 2.16. The average molecular weight is 250 g/mol. The lowest BCUT2D eigenvalue weighted by atomic mass is 10.2. The van der Waals surface area contributed by atoms with Crippen LogP contribution in [-0.2, 0) is 11.3 Å². The van der Waals surface area contributed by atoms with E-state index < -0.39 is 0 Å². The Morgan fingerprint density at radius 3 is 2.83 bits per heavy atom. The molecule has 4 heteroatoms. The van der Waals surface area contributed by atoms with Gasteiger partial charge in [-0.25, -0.2) is 0 Å². The van der Waals surface area contributed by atoms with Crippen LogP contribution >= 0.6 is 0 Å². The van der Waals surface area contributed by atoms with Gasteiger partial charge in [0.15, 0.2) is 0 Å². The molecular formula is C14H22N2O2. The first-order chi connectivity index (χ1) is 8.78. The normalized spacial score (nSPS) is 20.9. The van der Waals surface area contributed by atoms with Crippen molar-refractivity contribution in [2.75, 3.05) is 40.4 Å². The molecule has 0 aromatic heterocycles. The van der Waals surface area contributed by atoms with Crippen molar-refractivity contribution in [3.05, 3.63) is 29.8 Å². The van der Waals surface area contributed by atoms with Crippen LogP contribution in [0.4, 0.5) is 0 Å². The van der Waals surface area contributed by atoms with Gasteiger partial charge >= 0.3 is 0 Å². The second-order valence-corrected chi connectivity index (χ2v) is 4.73. The van der Waals surface area contributed by atoms with Crippen LogP contribution in [0.2, 0.25) is 0 Å². The number of morpholine rings is 1. The standard InChI is InChI=1S/C14H22N2O2/c1-16-7-8-18-14(11-16)10-15-9-12-3-5-13(17-2)6-4-12/h3-6,14-15H,7-11H2,1-2H3. The van der Waals surface area contributed by atoms with Gasteiger partial charge < -0.3 is 19.7 Å². The maximum atomic E-state index is 5.70. The number of benzene rings is 1. The highest BCUT2D eigenvalue weighted by Crippen LogP contribution is 2.11. The molecule has 1 fully saturated rings. The molecule has 100 valence electrons. The number of methoxy groups -OCH3 is 1. The Bertz CT molecular complexity index is 353. The lowest BCUT2D eigenvalue weighted by Crippen LogP contribution is -2.44. The summed E-state index contributed by atoms with van der Waals surface area (Å²) in [6.45, 7) is 4.65. The van der Waals surface area contributed by atoms with Gasteiger partial charge in [0.25, 0.3) is 0 Å². The molecule has 1 aromatic carbocycles. The van der Waals surface area contributed by atoms with Crippen molar-refractivity contribution in [3.8, 4) is 5.75 Å². The Labute approximate surface area is 109 Å². The van der Waals surface area contributed by atoms with Crippen LogP contribution < -0.4 is 10.1 Å². The second kappa shape index (κ2) is 6.73. The van der Waals surface area contributed by atoms with E-state index in [1.54, 1.807) is 7.11 Å². The van der Waals surface area contributed by atoms with Crippen molar-refractivity contribution in [3.63, 3.8) is 0 Å². The number of hydrogen-bond acceptors (Lipinski definition) is 4. The van der Waals surface area contributed by atoms with E-state index in [1.165, 1.54) is 5.56 Å². The molecule has 0 aliphatic carbocycles. The Hall–Kier alpha value is -1.10. The molecule has 0 bridgehead atoms. The molecule has 1 aromatic rings. The van der Waals surface area contributed by atoms with Crippen molar-refractivity contribution in [1.29, 1.82) is 0 Å². The lowest BCUT2D eigenvalue weighted by Gasteiger charge is -2.30. The van der Waals surface area contributed by atoms with E-state index in [1.807, 2.05) is 12.1 Å². The van der Waals surface area contributed by atoms with Crippen molar-refractivity contribution < 1.29 is 9.47 Å². The van der Waals surface area contributed by atoms with Crippen LogP contribution in [-0.4, -0.2) is 51.4 Å². The third kappa shape index (κ3) is 3.98. The van der Waals surface area contributed by atoms with E-state index >= 15 is 0 Å². The van der Waals surface area contributed by atoms with E-state index in [0.29, 0.717) is 6.10 Å². The van der Waals surface area contributed by atoms with Crippen LogP contribution in [0.25, 0.3) is 0 Å². The number of rotatable bonds is 5. The summed E-state index contributed by atoms with van der Waals surface area (Å²) >= 11 is 0. The molecule has 1 N–H and O–H groups in total. The van der Waals surface area contributed by atoms with Gasteiger partial charge in [-0.3, -0.25) is 0 Å². The Kier molecular flexibility index (Phi) is 4.99. The molecule has 0 amide bonds. The SMILES string of the molecule is COc1ccc(CNCC2CN(C)CCO2)cc1. The highest BCUT2D eigenvalue weighted by atomic mass is 16.5. The lowest BCUT2D eigenvalue weighted by molar-refractivity contribution is -0.0182. The van der Waals surface area contributed by atoms with Crippen LogP contribution in [0.1, 0.15) is 5.56 Å². The second-order valence-electron chi connectivity index (χ2n) is 4.73. The molecule has 4 nitrogen and oxygen atoms in total. The minimum absolute atomic E-state index is 0.307. The summed E-state index contributed by atoms with van der Waals surface area (Å²) in [5, 5.41) is 3.44. The topological polar surface area (TPSA) is 33.7 Å². The van der Waals surface area contributed by atoms with Gasteiger partial charge in [-0.1, -0.05) is 12.1 Å². The fourth-order valence-electron chi connectivity index (χ4n) is 2.11. The molecule has 1 aliphatic rings. The van der Waals surface area contributed by atoms with Crippen molar-refractivity contribution in [2.45, 2.75) is 12.6 Å². The Morgan fingerprint density at radius 2 is 2.17 bits per heavy atom. The molecule has 1 saturated heterocycles. The van der Waals surface area contributed by atoms with E-state index in [-0.39, 0.29) is 0 Å². The summed E-state index contributed by atoms with van der Waals surface area (Å²) in [6.07, 6.45) is 0.307. The van der Waals surface area contributed by atoms with E-state index in [2.05, 4.69) is 29.4 Å². The molecular weight excluding hydrogens is 228 g/mol.